The molecule has 3 rings (SSSR count). The van der Waals surface area contributed by atoms with Gasteiger partial charge in [0.05, 0.1) is 34.1 Å². The van der Waals surface area contributed by atoms with Crippen LogP contribution in [0, 0.1) is 6.92 Å². The number of anilines is 3. The molecule has 2 N–H and O–H groups in total. The Hall–Kier alpha value is -1.96. The van der Waals surface area contributed by atoms with E-state index in [4.69, 9.17) is 23.2 Å². The van der Waals surface area contributed by atoms with Gasteiger partial charge in [0, 0.05) is 18.5 Å². The van der Waals surface area contributed by atoms with Crippen LogP contribution in [-0.4, -0.2) is 20.3 Å². The molecule has 0 unspecified atom stereocenters. The van der Waals surface area contributed by atoms with E-state index < -0.39 is 0 Å². The highest BCUT2D eigenvalue weighted by Crippen LogP contribution is 2.38. The fraction of sp³-hybridized carbons (Fsp3) is 0.278. The predicted octanol–water partition coefficient (Wildman–Crippen LogP) is 5.16. The fourth-order valence-electron chi connectivity index (χ4n) is 2.60. The lowest BCUT2D eigenvalue weighted by Gasteiger charge is -2.16. The zero-order valence-electron chi connectivity index (χ0n) is 15.1. The van der Waals surface area contributed by atoms with Gasteiger partial charge in [-0.2, -0.15) is 0 Å². The van der Waals surface area contributed by atoms with Gasteiger partial charge in [0.25, 0.3) is 5.56 Å². The van der Waals surface area contributed by atoms with Crippen molar-refractivity contribution in [2.45, 2.75) is 20.3 Å². The van der Waals surface area contributed by atoms with E-state index in [2.05, 4.69) is 26.9 Å². The second-order valence-corrected chi connectivity index (χ2v) is 7.70. The van der Waals surface area contributed by atoms with Crippen molar-refractivity contribution in [3.05, 3.63) is 50.6 Å². The summed E-state index contributed by atoms with van der Waals surface area (Å²) in [7, 11) is 1.68. The van der Waals surface area contributed by atoms with Crippen LogP contribution in [0.3, 0.4) is 0 Å². The maximum absolute atomic E-state index is 12.5. The Morgan fingerprint density at radius 1 is 1.26 bits per heavy atom. The Kier molecular flexibility index (Phi) is 6.14. The lowest BCUT2D eigenvalue weighted by atomic mass is 10.1. The molecule has 0 saturated heterocycles. The number of hydrogen-bond donors (Lipinski definition) is 2. The molecule has 1 aromatic carbocycles. The van der Waals surface area contributed by atoms with E-state index in [1.165, 1.54) is 22.8 Å². The minimum absolute atomic E-state index is 0.105. The van der Waals surface area contributed by atoms with Crippen LogP contribution in [0.15, 0.2) is 29.5 Å². The van der Waals surface area contributed by atoms with Crippen LogP contribution in [0.1, 0.15) is 18.9 Å². The second-order valence-electron chi connectivity index (χ2n) is 6.01. The van der Waals surface area contributed by atoms with Crippen molar-refractivity contribution in [1.29, 1.82) is 0 Å². The van der Waals surface area contributed by atoms with E-state index in [9.17, 15) is 4.79 Å². The van der Waals surface area contributed by atoms with Gasteiger partial charge >= 0.3 is 0 Å². The molecule has 27 heavy (non-hydrogen) atoms. The number of nitrogens with one attached hydrogen (secondary N) is 2. The highest BCUT2D eigenvalue weighted by atomic mass is 35.5. The van der Waals surface area contributed by atoms with Gasteiger partial charge in [-0.1, -0.05) is 42.1 Å². The van der Waals surface area contributed by atoms with Crippen LogP contribution in [-0.2, 0) is 7.05 Å². The van der Waals surface area contributed by atoms with Gasteiger partial charge in [-0.15, -0.1) is 0 Å². The third-order valence-electron chi connectivity index (χ3n) is 4.06. The molecule has 0 aliphatic carbocycles. The maximum Gasteiger partial charge on any atom is 0.261 e. The molecule has 142 valence electrons. The molecule has 2 heterocycles. The number of benzene rings is 1. The van der Waals surface area contributed by atoms with Crippen molar-refractivity contribution >= 4 is 63.2 Å². The molecule has 0 spiro atoms. The monoisotopic (exact) mass is 423 g/mol. The smallest absolute Gasteiger partial charge is 0.261 e. The van der Waals surface area contributed by atoms with Gasteiger partial charge in [-0.25, -0.2) is 9.97 Å². The molecule has 0 aliphatic rings. The number of halogens is 2. The predicted molar refractivity (Wildman–Crippen MR) is 116 cm³/mol. The molecule has 0 atom stereocenters. The van der Waals surface area contributed by atoms with Crippen LogP contribution in [0.4, 0.5) is 17.2 Å². The van der Waals surface area contributed by atoms with Gasteiger partial charge in [-0.3, -0.25) is 4.79 Å². The molecule has 0 amide bonds. The summed E-state index contributed by atoms with van der Waals surface area (Å²) in [4.78, 5) is 21.1. The van der Waals surface area contributed by atoms with E-state index in [0.717, 1.165) is 23.4 Å². The number of aryl methyl sites for hydroxylation is 2. The molecule has 0 radical (unpaired) electrons. The van der Waals surface area contributed by atoms with E-state index in [1.807, 2.05) is 13.0 Å². The van der Waals surface area contributed by atoms with Gasteiger partial charge in [0.1, 0.15) is 5.02 Å². The minimum atomic E-state index is -0.105. The normalized spacial score (nSPS) is 11.0. The highest BCUT2D eigenvalue weighted by Gasteiger charge is 2.15. The summed E-state index contributed by atoms with van der Waals surface area (Å²) >= 11 is 14.4. The van der Waals surface area contributed by atoms with Crippen LogP contribution < -0.4 is 15.6 Å². The standard InChI is InChI=1S/C18H19Cl2N5OS/c1-4-7-27-24-17-15(20)16(11(19)8-21-17)23-12-5-6-13-14(10(12)2)18(26)25(3)9-22-13/h5-6,8-9H,4,7H2,1-3H3,(H2,21,23,24). The largest absolute Gasteiger partial charge is 0.353 e. The first-order valence-electron chi connectivity index (χ1n) is 8.37. The summed E-state index contributed by atoms with van der Waals surface area (Å²) in [5.74, 6) is 1.47. The molecular weight excluding hydrogens is 405 g/mol. The lowest BCUT2D eigenvalue weighted by Crippen LogP contribution is -2.18. The SMILES string of the molecule is CCCSNc1ncc(Cl)c(Nc2ccc3ncn(C)c(=O)c3c2C)c1Cl. The molecule has 3 aromatic rings. The maximum atomic E-state index is 12.5. The van der Waals surface area contributed by atoms with E-state index in [0.29, 0.717) is 32.5 Å². The Bertz CT molecular complexity index is 1050. The lowest BCUT2D eigenvalue weighted by molar-refractivity contribution is 0.842. The first-order valence-corrected chi connectivity index (χ1v) is 10.1. The summed E-state index contributed by atoms with van der Waals surface area (Å²) in [5, 5.41) is 4.59. The molecule has 0 aliphatic heterocycles. The number of rotatable bonds is 6. The second kappa shape index (κ2) is 8.37. The number of pyridine rings is 1. The van der Waals surface area contributed by atoms with Crippen molar-refractivity contribution in [2.24, 2.45) is 7.05 Å². The van der Waals surface area contributed by atoms with Crippen molar-refractivity contribution in [3.8, 4) is 0 Å². The molecule has 0 saturated carbocycles. The summed E-state index contributed by atoms with van der Waals surface area (Å²) in [5.41, 5.74) is 2.59. The van der Waals surface area contributed by atoms with E-state index in [1.54, 1.807) is 19.3 Å². The number of nitrogens with zero attached hydrogens (tertiary/aromatic N) is 3. The summed E-state index contributed by atoms with van der Waals surface area (Å²) < 4.78 is 4.60. The molecular formula is C18H19Cl2N5OS. The molecule has 9 heteroatoms. The van der Waals surface area contributed by atoms with Crippen LogP contribution in [0.5, 0.6) is 0 Å². The van der Waals surface area contributed by atoms with Crippen molar-refractivity contribution in [3.63, 3.8) is 0 Å². The Labute approximate surface area is 171 Å². The first-order chi connectivity index (χ1) is 12.9. The van der Waals surface area contributed by atoms with Crippen LogP contribution >= 0.6 is 35.1 Å². The minimum Gasteiger partial charge on any atom is -0.353 e. The quantitative estimate of drug-likeness (QED) is 0.421. The Balaban J connectivity index is 2.02. The molecule has 0 fully saturated rings. The fourth-order valence-corrected chi connectivity index (χ4v) is 3.73. The van der Waals surface area contributed by atoms with E-state index >= 15 is 0 Å². The third kappa shape index (κ3) is 4.00. The van der Waals surface area contributed by atoms with Crippen molar-refractivity contribution < 1.29 is 0 Å². The Morgan fingerprint density at radius 2 is 2.04 bits per heavy atom. The highest BCUT2D eigenvalue weighted by molar-refractivity contribution is 8.00. The zero-order valence-corrected chi connectivity index (χ0v) is 17.5. The molecule has 2 aromatic heterocycles. The third-order valence-corrected chi connectivity index (χ3v) is 5.66. The Morgan fingerprint density at radius 3 is 2.78 bits per heavy atom. The van der Waals surface area contributed by atoms with Crippen molar-refractivity contribution in [1.82, 2.24) is 14.5 Å². The zero-order chi connectivity index (χ0) is 19.6. The average Bonchev–Trinajstić information content (AvgIpc) is 2.65. The molecule has 6 nitrogen and oxygen atoms in total. The number of hydrogen-bond acceptors (Lipinski definition) is 6. The van der Waals surface area contributed by atoms with Gasteiger partial charge < -0.3 is 14.6 Å². The first kappa shape index (κ1) is 19.8. The number of aromatic nitrogens is 3. The van der Waals surface area contributed by atoms with Crippen LogP contribution in [0.25, 0.3) is 10.9 Å². The van der Waals surface area contributed by atoms with E-state index in [-0.39, 0.29) is 5.56 Å². The topological polar surface area (TPSA) is 71.8 Å². The van der Waals surface area contributed by atoms with Gasteiger partial charge in [0.2, 0.25) is 0 Å². The number of fused-ring (bicyclic) bond motifs is 1. The van der Waals surface area contributed by atoms with Gasteiger partial charge in [-0.05, 0) is 31.0 Å². The van der Waals surface area contributed by atoms with Gasteiger partial charge in [0.15, 0.2) is 5.82 Å². The average molecular weight is 424 g/mol. The van der Waals surface area contributed by atoms with Crippen LogP contribution in [0.2, 0.25) is 10.0 Å². The molecule has 0 bridgehead atoms. The summed E-state index contributed by atoms with van der Waals surface area (Å²) in [6.07, 6.45) is 4.09. The van der Waals surface area contributed by atoms with Crippen molar-refractivity contribution in [2.75, 3.05) is 15.8 Å². The summed E-state index contributed by atoms with van der Waals surface area (Å²) in [6.45, 7) is 3.97. The summed E-state index contributed by atoms with van der Waals surface area (Å²) in [6, 6.07) is 3.65.